The second kappa shape index (κ2) is 5.46. The Kier molecular flexibility index (Phi) is 3.50. The van der Waals surface area contributed by atoms with Gasteiger partial charge in [-0.15, -0.1) is 0 Å². The summed E-state index contributed by atoms with van der Waals surface area (Å²) in [4.78, 5) is 11.7. The van der Waals surface area contributed by atoms with Crippen LogP contribution >= 0.6 is 0 Å². The second-order valence-electron chi connectivity index (χ2n) is 4.90. The number of para-hydroxylation sites is 1. The van der Waals surface area contributed by atoms with Gasteiger partial charge in [-0.2, -0.15) is 0 Å². The standard InChI is InChI=1S/C16H17N3O2/c1-2-11-4-3-5-12-6-8-19(14(11)12)10-13-7-9-21-15(13)16(20)18-17/h3-9H,2,10,17H2,1H3,(H,18,20). The van der Waals surface area contributed by atoms with E-state index in [0.717, 1.165) is 12.0 Å². The summed E-state index contributed by atoms with van der Waals surface area (Å²) < 4.78 is 7.36. The lowest BCUT2D eigenvalue weighted by Gasteiger charge is -2.09. The third kappa shape index (κ3) is 2.32. The van der Waals surface area contributed by atoms with E-state index in [9.17, 15) is 4.79 Å². The van der Waals surface area contributed by atoms with Crippen molar-refractivity contribution in [2.75, 3.05) is 0 Å². The summed E-state index contributed by atoms with van der Waals surface area (Å²) in [6.07, 6.45) is 4.50. The summed E-state index contributed by atoms with van der Waals surface area (Å²) in [6, 6.07) is 10.2. The molecular weight excluding hydrogens is 266 g/mol. The summed E-state index contributed by atoms with van der Waals surface area (Å²) in [5, 5.41) is 1.20. The van der Waals surface area contributed by atoms with Gasteiger partial charge in [0.2, 0.25) is 0 Å². The number of aromatic nitrogens is 1. The number of hydrogen-bond acceptors (Lipinski definition) is 3. The van der Waals surface area contributed by atoms with Crippen molar-refractivity contribution in [1.29, 1.82) is 0 Å². The van der Waals surface area contributed by atoms with Crippen LogP contribution in [0.15, 0.2) is 47.2 Å². The number of benzene rings is 1. The number of amides is 1. The Morgan fingerprint density at radius 3 is 2.90 bits per heavy atom. The van der Waals surface area contributed by atoms with Crippen LogP contribution in [0.3, 0.4) is 0 Å². The van der Waals surface area contributed by atoms with E-state index in [2.05, 4.69) is 41.2 Å². The van der Waals surface area contributed by atoms with E-state index in [1.54, 1.807) is 6.07 Å². The normalized spacial score (nSPS) is 11.0. The Morgan fingerprint density at radius 1 is 1.29 bits per heavy atom. The maximum atomic E-state index is 11.7. The molecule has 1 amide bonds. The smallest absolute Gasteiger partial charge is 0.301 e. The molecule has 3 aromatic rings. The lowest BCUT2D eigenvalue weighted by atomic mass is 10.1. The topological polar surface area (TPSA) is 73.2 Å². The van der Waals surface area contributed by atoms with Gasteiger partial charge in [0, 0.05) is 11.8 Å². The zero-order valence-corrected chi connectivity index (χ0v) is 11.8. The fourth-order valence-corrected chi connectivity index (χ4v) is 2.67. The summed E-state index contributed by atoms with van der Waals surface area (Å²) in [6.45, 7) is 2.71. The minimum atomic E-state index is -0.415. The predicted octanol–water partition coefficient (Wildman–Crippen LogP) is 2.45. The van der Waals surface area contributed by atoms with Crippen molar-refractivity contribution >= 4 is 16.8 Å². The van der Waals surface area contributed by atoms with Gasteiger partial charge in [-0.1, -0.05) is 25.1 Å². The van der Waals surface area contributed by atoms with Crippen LogP contribution in [-0.2, 0) is 13.0 Å². The number of rotatable bonds is 4. The fraction of sp³-hybridized carbons (Fsp3) is 0.188. The molecular formula is C16H17N3O2. The highest BCUT2D eigenvalue weighted by Gasteiger charge is 2.15. The van der Waals surface area contributed by atoms with E-state index in [-0.39, 0.29) is 5.76 Å². The SMILES string of the molecule is CCc1cccc2ccn(Cc3ccoc3C(=O)NN)c12. The van der Waals surface area contributed by atoms with Crippen molar-refractivity contribution in [3.8, 4) is 0 Å². The van der Waals surface area contributed by atoms with Gasteiger partial charge in [0.15, 0.2) is 5.76 Å². The number of nitrogen functional groups attached to an aromatic ring is 1. The Morgan fingerprint density at radius 2 is 2.14 bits per heavy atom. The Labute approximate surface area is 122 Å². The number of furan rings is 1. The molecule has 0 atom stereocenters. The quantitative estimate of drug-likeness (QED) is 0.439. The molecule has 0 radical (unpaired) electrons. The summed E-state index contributed by atoms with van der Waals surface area (Å²) in [5.41, 5.74) is 5.39. The average molecular weight is 283 g/mol. The first kappa shape index (κ1) is 13.5. The number of nitrogens with one attached hydrogen (secondary N) is 1. The third-order valence-corrected chi connectivity index (χ3v) is 3.68. The largest absolute Gasteiger partial charge is 0.459 e. The number of nitrogens with zero attached hydrogens (tertiary/aromatic N) is 1. The minimum absolute atomic E-state index is 0.258. The van der Waals surface area contributed by atoms with E-state index in [0.29, 0.717) is 6.54 Å². The molecule has 5 heteroatoms. The zero-order chi connectivity index (χ0) is 14.8. The van der Waals surface area contributed by atoms with E-state index in [1.165, 1.54) is 22.7 Å². The molecule has 0 aliphatic carbocycles. The summed E-state index contributed by atoms with van der Waals surface area (Å²) in [5.74, 6) is 5.02. The molecule has 108 valence electrons. The molecule has 0 saturated carbocycles. The molecule has 3 N–H and O–H groups in total. The lowest BCUT2D eigenvalue weighted by molar-refractivity contribution is 0.0924. The molecule has 2 heterocycles. The fourth-order valence-electron chi connectivity index (χ4n) is 2.67. The molecule has 0 aliphatic rings. The van der Waals surface area contributed by atoms with Gasteiger partial charge in [0.05, 0.1) is 18.3 Å². The Balaban J connectivity index is 2.03. The van der Waals surface area contributed by atoms with Crippen molar-refractivity contribution < 1.29 is 9.21 Å². The number of hydrazine groups is 1. The Hall–Kier alpha value is -2.53. The summed E-state index contributed by atoms with van der Waals surface area (Å²) in [7, 11) is 0. The lowest BCUT2D eigenvalue weighted by Crippen LogP contribution is -2.30. The molecule has 0 bridgehead atoms. The first-order valence-electron chi connectivity index (χ1n) is 6.88. The van der Waals surface area contributed by atoms with Crippen LogP contribution in [-0.4, -0.2) is 10.5 Å². The van der Waals surface area contributed by atoms with Crippen LogP contribution in [0, 0.1) is 0 Å². The highest BCUT2D eigenvalue weighted by molar-refractivity contribution is 5.92. The number of fused-ring (bicyclic) bond motifs is 1. The van der Waals surface area contributed by atoms with Gasteiger partial charge in [0.1, 0.15) is 0 Å². The van der Waals surface area contributed by atoms with Crippen LogP contribution < -0.4 is 11.3 Å². The molecule has 0 saturated heterocycles. The maximum absolute atomic E-state index is 11.7. The number of carbonyl (C=O) groups is 1. The van der Waals surface area contributed by atoms with Gasteiger partial charge in [-0.25, -0.2) is 5.84 Å². The van der Waals surface area contributed by atoms with Gasteiger partial charge in [-0.05, 0) is 29.5 Å². The highest BCUT2D eigenvalue weighted by atomic mass is 16.3. The van der Waals surface area contributed by atoms with Crippen LogP contribution in [0.1, 0.15) is 28.6 Å². The average Bonchev–Trinajstić information content (AvgIpc) is 3.14. The van der Waals surface area contributed by atoms with Crippen LogP contribution in [0.2, 0.25) is 0 Å². The number of hydrogen-bond donors (Lipinski definition) is 2. The molecule has 21 heavy (non-hydrogen) atoms. The molecule has 0 unspecified atom stereocenters. The molecule has 0 fully saturated rings. The van der Waals surface area contributed by atoms with E-state index >= 15 is 0 Å². The monoisotopic (exact) mass is 283 g/mol. The summed E-state index contributed by atoms with van der Waals surface area (Å²) >= 11 is 0. The first-order valence-corrected chi connectivity index (χ1v) is 6.88. The Bertz CT molecular complexity index is 786. The van der Waals surface area contributed by atoms with Gasteiger partial charge >= 0.3 is 5.91 Å². The van der Waals surface area contributed by atoms with Gasteiger partial charge in [0.25, 0.3) is 0 Å². The number of aryl methyl sites for hydroxylation is 1. The van der Waals surface area contributed by atoms with E-state index in [4.69, 9.17) is 10.3 Å². The molecule has 2 aromatic heterocycles. The van der Waals surface area contributed by atoms with Crippen molar-refractivity contribution in [2.24, 2.45) is 5.84 Å². The maximum Gasteiger partial charge on any atom is 0.301 e. The minimum Gasteiger partial charge on any atom is -0.459 e. The number of nitrogens with two attached hydrogens (primary N) is 1. The zero-order valence-electron chi connectivity index (χ0n) is 11.8. The van der Waals surface area contributed by atoms with Crippen molar-refractivity contribution in [1.82, 2.24) is 9.99 Å². The van der Waals surface area contributed by atoms with E-state index in [1.807, 2.05) is 6.20 Å². The third-order valence-electron chi connectivity index (χ3n) is 3.68. The highest BCUT2D eigenvalue weighted by Crippen LogP contribution is 2.23. The van der Waals surface area contributed by atoms with Gasteiger partial charge < -0.3 is 8.98 Å². The molecule has 0 spiro atoms. The molecule has 1 aromatic carbocycles. The van der Waals surface area contributed by atoms with Crippen LogP contribution in [0.5, 0.6) is 0 Å². The van der Waals surface area contributed by atoms with Crippen LogP contribution in [0.25, 0.3) is 10.9 Å². The molecule has 3 rings (SSSR count). The predicted molar refractivity (Wildman–Crippen MR) is 80.8 cm³/mol. The van der Waals surface area contributed by atoms with Crippen LogP contribution in [0.4, 0.5) is 0 Å². The van der Waals surface area contributed by atoms with Gasteiger partial charge in [-0.3, -0.25) is 10.2 Å². The van der Waals surface area contributed by atoms with E-state index < -0.39 is 5.91 Å². The van der Waals surface area contributed by atoms with Crippen molar-refractivity contribution in [2.45, 2.75) is 19.9 Å². The first-order chi connectivity index (χ1) is 10.2. The molecule has 0 aliphatic heterocycles. The van der Waals surface area contributed by atoms with Crippen molar-refractivity contribution in [3.05, 3.63) is 59.7 Å². The molecule has 5 nitrogen and oxygen atoms in total. The van der Waals surface area contributed by atoms with Crippen molar-refractivity contribution in [3.63, 3.8) is 0 Å². The second-order valence-corrected chi connectivity index (χ2v) is 4.90. The number of carbonyl (C=O) groups excluding carboxylic acids is 1.